The Morgan fingerprint density at radius 1 is 1.15 bits per heavy atom. The maximum Gasteiger partial charge on any atom is 0.252 e. The molecule has 0 saturated heterocycles. The van der Waals surface area contributed by atoms with Crippen molar-refractivity contribution >= 4 is 5.91 Å². The van der Waals surface area contributed by atoms with Gasteiger partial charge in [-0.15, -0.1) is 0 Å². The van der Waals surface area contributed by atoms with Crippen LogP contribution in [0, 0.1) is 6.92 Å². The van der Waals surface area contributed by atoms with Crippen LogP contribution in [0.2, 0.25) is 0 Å². The summed E-state index contributed by atoms with van der Waals surface area (Å²) < 4.78 is 0. The van der Waals surface area contributed by atoms with Crippen molar-refractivity contribution in [2.45, 2.75) is 25.4 Å². The fourth-order valence-corrected chi connectivity index (χ4v) is 2.86. The molecule has 0 saturated carbocycles. The van der Waals surface area contributed by atoms with Crippen molar-refractivity contribution in [1.82, 2.24) is 5.32 Å². The standard InChI is InChI=1S/C17H18N2O/c1-11-6-2-4-8-13(11)17(20)19-16-14-9-5-3-7-12(14)10-15(16)18/h2-9,15-16H,10,18H2,1H3,(H,19,20). The van der Waals surface area contributed by atoms with E-state index >= 15 is 0 Å². The number of carbonyl (C=O) groups excluding carboxylic acids is 1. The van der Waals surface area contributed by atoms with Gasteiger partial charge in [0.1, 0.15) is 0 Å². The van der Waals surface area contributed by atoms with Crippen molar-refractivity contribution < 1.29 is 4.79 Å². The number of hydrogen-bond acceptors (Lipinski definition) is 2. The van der Waals surface area contributed by atoms with Crippen LogP contribution >= 0.6 is 0 Å². The van der Waals surface area contributed by atoms with Crippen molar-refractivity contribution in [2.75, 3.05) is 0 Å². The van der Waals surface area contributed by atoms with Gasteiger partial charge in [0.05, 0.1) is 6.04 Å². The number of aryl methyl sites for hydroxylation is 1. The fourth-order valence-electron chi connectivity index (χ4n) is 2.86. The van der Waals surface area contributed by atoms with Gasteiger partial charge in [0.25, 0.3) is 5.91 Å². The Balaban J connectivity index is 1.85. The lowest BCUT2D eigenvalue weighted by Crippen LogP contribution is -2.38. The highest BCUT2D eigenvalue weighted by molar-refractivity contribution is 5.96. The van der Waals surface area contributed by atoms with Crippen molar-refractivity contribution in [3.8, 4) is 0 Å². The van der Waals surface area contributed by atoms with Gasteiger partial charge in [-0.05, 0) is 36.1 Å². The normalized spacial score (nSPS) is 20.5. The highest BCUT2D eigenvalue weighted by atomic mass is 16.1. The molecular weight excluding hydrogens is 248 g/mol. The molecule has 2 unspecified atom stereocenters. The quantitative estimate of drug-likeness (QED) is 0.876. The monoisotopic (exact) mass is 266 g/mol. The Morgan fingerprint density at radius 3 is 2.65 bits per heavy atom. The number of rotatable bonds is 2. The minimum Gasteiger partial charge on any atom is -0.344 e. The van der Waals surface area contributed by atoms with Gasteiger partial charge in [-0.2, -0.15) is 0 Å². The van der Waals surface area contributed by atoms with E-state index < -0.39 is 0 Å². The van der Waals surface area contributed by atoms with E-state index in [2.05, 4.69) is 11.4 Å². The summed E-state index contributed by atoms with van der Waals surface area (Å²) in [5, 5.41) is 3.08. The third-order valence-corrected chi connectivity index (χ3v) is 3.95. The molecule has 1 amide bonds. The Hall–Kier alpha value is -2.13. The van der Waals surface area contributed by atoms with E-state index in [1.54, 1.807) is 0 Å². The zero-order valence-electron chi connectivity index (χ0n) is 11.5. The maximum absolute atomic E-state index is 12.4. The van der Waals surface area contributed by atoms with Gasteiger partial charge in [0, 0.05) is 11.6 Å². The van der Waals surface area contributed by atoms with E-state index in [9.17, 15) is 4.79 Å². The molecule has 3 heteroatoms. The number of nitrogens with two attached hydrogens (primary N) is 1. The van der Waals surface area contributed by atoms with Crippen LogP contribution in [-0.2, 0) is 6.42 Å². The second-order valence-corrected chi connectivity index (χ2v) is 5.33. The Labute approximate surface area is 118 Å². The fraction of sp³-hybridized carbons (Fsp3) is 0.235. The first-order valence-corrected chi connectivity index (χ1v) is 6.86. The van der Waals surface area contributed by atoms with Crippen molar-refractivity contribution in [2.24, 2.45) is 5.73 Å². The lowest BCUT2D eigenvalue weighted by Gasteiger charge is -2.19. The molecule has 3 rings (SSSR count). The largest absolute Gasteiger partial charge is 0.344 e. The molecule has 1 aliphatic rings. The molecule has 0 bridgehead atoms. The van der Waals surface area contributed by atoms with Crippen molar-refractivity contribution in [1.29, 1.82) is 0 Å². The second-order valence-electron chi connectivity index (χ2n) is 5.33. The van der Waals surface area contributed by atoms with Crippen LogP contribution in [0.25, 0.3) is 0 Å². The van der Waals surface area contributed by atoms with Gasteiger partial charge in [-0.1, -0.05) is 42.5 Å². The lowest BCUT2D eigenvalue weighted by atomic mass is 10.0. The van der Waals surface area contributed by atoms with E-state index in [0.717, 1.165) is 17.5 Å². The molecule has 0 radical (unpaired) electrons. The van der Waals surface area contributed by atoms with E-state index in [0.29, 0.717) is 5.56 Å². The molecule has 2 aromatic carbocycles. The molecule has 20 heavy (non-hydrogen) atoms. The van der Waals surface area contributed by atoms with Crippen LogP contribution < -0.4 is 11.1 Å². The number of amides is 1. The summed E-state index contributed by atoms with van der Waals surface area (Å²) in [6.45, 7) is 1.94. The molecule has 2 aromatic rings. The minimum absolute atomic E-state index is 0.0552. The zero-order chi connectivity index (χ0) is 14.1. The molecule has 3 N–H and O–H groups in total. The summed E-state index contributed by atoms with van der Waals surface area (Å²) in [5.74, 6) is -0.0553. The van der Waals surface area contributed by atoms with Crippen LogP contribution in [-0.4, -0.2) is 11.9 Å². The van der Waals surface area contributed by atoms with Gasteiger partial charge < -0.3 is 11.1 Å². The summed E-state index contributed by atoms with van der Waals surface area (Å²) in [4.78, 5) is 12.4. The Bertz CT molecular complexity index is 651. The Kier molecular flexibility index (Phi) is 3.28. The van der Waals surface area contributed by atoms with E-state index in [-0.39, 0.29) is 18.0 Å². The lowest BCUT2D eigenvalue weighted by molar-refractivity contribution is 0.0932. The average Bonchev–Trinajstić information content (AvgIpc) is 2.76. The number of benzene rings is 2. The van der Waals surface area contributed by atoms with E-state index in [1.807, 2.05) is 49.4 Å². The summed E-state index contributed by atoms with van der Waals surface area (Å²) in [6.07, 6.45) is 0.814. The van der Waals surface area contributed by atoms with Crippen LogP contribution in [0.3, 0.4) is 0 Å². The SMILES string of the molecule is Cc1ccccc1C(=O)NC1c2ccccc2CC1N. The molecular formula is C17H18N2O. The molecule has 0 heterocycles. The molecule has 0 aromatic heterocycles. The molecule has 0 spiro atoms. The summed E-state index contributed by atoms with van der Waals surface area (Å²) in [7, 11) is 0. The summed E-state index contributed by atoms with van der Waals surface area (Å²) >= 11 is 0. The molecule has 2 atom stereocenters. The average molecular weight is 266 g/mol. The van der Waals surface area contributed by atoms with Crippen LogP contribution in [0.5, 0.6) is 0 Å². The topological polar surface area (TPSA) is 55.1 Å². The third-order valence-electron chi connectivity index (χ3n) is 3.95. The first-order chi connectivity index (χ1) is 9.66. The van der Waals surface area contributed by atoms with Gasteiger partial charge in [-0.25, -0.2) is 0 Å². The third kappa shape index (κ3) is 2.21. The van der Waals surface area contributed by atoms with Gasteiger partial charge in [0.15, 0.2) is 0 Å². The van der Waals surface area contributed by atoms with Crippen LogP contribution in [0.15, 0.2) is 48.5 Å². The van der Waals surface area contributed by atoms with Gasteiger partial charge >= 0.3 is 0 Å². The Morgan fingerprint density at radius 2 is 1.85 bits per heavy atom. The molecule has 102 valence electrons. The smallest absolute Gasteiger partial charge is 0.252 e. The van der Waals surface area contributed by atoms with Crippen LogP contribution in [0.4, 0.5) is 0 Å². The molecule has 3 nitrogen and oxygen atoms in total. The minimum atomic E-state index is -0.0988. The predicted octanol–water partition coefficient (Wildman–Crippen LogP) is 2.35. The summed E-state index contributed by atoms with van der Waals surface area (Å²) in [6, 6.07) is 15.6. The number of nitrogens with one attached hydrogen (secondary N) is 1. The highest BCUT2D eigenvalue weighted by Gasteiger charge is 2.30. The molecule has 0 aliphatic heterocycles. The van der Waals surface area contributed by atoms with E-state index in [4.69, 9.17) is 5.73 Å². The number of carbonyl (C=O) groups is 1. The predicted molar refractivity (Wildman–Crippen MR) is 79.5 cm³/mol. The highest BCUT2D eigenvalue weighted by Crippen LogP contribution is 2.30. The first kappa shape index (κ1) is 12.9. The zero-order valence-corrected chi connectivity index (χ0v) is 11.5. The molecule has 1 aliphatic carbocycles. The second kappa shape index (κ2) is 5.10. The number of hydrogen-bond donors (Lipinski definition) is 2. The van der Waals surface area contributed by atoms with Gasteiger partial charge in [-0.3, -0.25) is 4.79 Å². The van der Waals surface area contributed by atoms with E-state index in [1.165, 1.54) is 5.56 Å². The van der Waals surface area contributed by atoms with Crippen molar-refractivity contribution in [3.05, 3.63) is 70.8 Å². The van der Waals surface area contributed by atoms with Gasteiger partial charge in [0.2, 0.25) is 0 Å². The maximum atomic E-state index is 12.4. The summed E-state index contributed by atoms with van der Waals surface area (Å²) in [5.41, 5.74) is 10.2. The number of fused-ring (bicyclic) bond motifs is 1. The molecule has 0 fully saturated rings. The van der Waals surface area contributed by atoms with Crippen molar-refractivity contribution in [3.63, 3.8) is 0 Å². The van der Waals surface area contributed by atoms with Crippen LogP contribution in [0.1, 0.15) is 33.1 Å². The first-order valence-electron chi connectivity index (χ1n) is 6.86.